The Bertz CT molecular complexity index is 721. The summed E-state index contributed by atoms with van der Waals surface area (Å²) >= 11 is 4.58. The van der Waals surface area contributed by atoms with Gasteiger partial charge >= 0.3 is 6.03 Å². The van der Waals surface area contributed by atoms with E-state index in [4.69, 9.17) is 4.74 Å². The first-order valence-corrected chi connectivity index (χ1v) is 9.45. The summed E-state index contributed by atoms with van der Waals surface area (Å²) in [7, 11) is 0. The molecular weight excluding hydrogens is 406 g/mol. The molecule has 8 heteroatoms. The largest absolute Gasteiger partial charge is 0.377 e. The van der Waals surface area contributed by atoms with Crippen molar-refractivity contribution in [1.29, 1.82) is 0 Å². The molecule has 0 saturated heterocycles. The van der Waals surface area contributed by atoms with Crippen molar-refractivity contribution in [2.45, 2.75) is 26.5 Å². The molecule has 25 heavy (non-hydrogen) atoms. The molecular formula is C17H20BrN3O3S. The third-order valence-corrected chi connectivity index (χ3v) is 4.87. The van der Waals surface area contributed by atoms with Gasteiger partial charge in [0.2, 0.25) is 0 Å². The highest BCUT2D eigenvalue weighted by molar-refractivity contribution is 9.11. The third-order valence-electron chi connectivity index (χ3n) is 3.25. The molecule has 0 atom stereocenters. The number of halogens is 1. The van der Waals surface area contributed by atoms with Crippen LogP contribution >= 0.6 is 27.3 Å². The minimum absolute atomic E-state index is 0.345. The standard InChI is InChI=1S/C17H20BrN3O3S/c1-2-9-24-11-13-6-4-3-5-12(13)10-19-17(23)21-20-16(22)14-7-8-15(18)25-14/h3-8H,2,9-11H2,1H3,(H,20,22)(H2,19,21,23). The number of carbonyl (C=O) groups is 2. The lowest BCUT2D eigenvalue weighted by Gasteiger charge is -2.12. The van der Waals surface area contributed by atoms with Gasteiger partial charge in [-0.3, -0.25) is 10.2 Å². The minimum Gasteiger partial charge on any atom is -0.377 e. The van der Waals surface area contributed by atoms with Gasteiger partial charge in [0, 0.05) is 13.2 Å². The van der Waals surface area contributed by atoms with Gasteiger partial charge in [-0.15, -0.1) is 11.3 Å². The predicted molar refractivity (Wildman–Crippen MR) is 101 cm³/mol. The van der Waals surface area contributed by atoms with Crippen molar-refractivity contribution < 1.29 is 14.3 Å². The minimum atomic E-state index is -0.478. The number of hydrazine groups is 1. The second-order valence-electron chi connectivity index (χ2n) is 5.19. The monoisotopic (exact) mass is 425 g/mol. The summed E-state index contributed by atoms with van der Waals surface area (Å²) < 4.78 is 6.41. The average molecular weight is 426 g/mol. The molecule has 134 valence electrons. The van der Waals surface area contributed by atoms with Gasteiger partial charge in [0.1, 0.15) is 0 Å². The zero-order valence-corrected chi connectivity index (χ0v) is 16.2. The third kappa shape index (κ3) is 6.49. The van der Waals surface area contributed by atoms with Crippen molar-refractivity contribution in [3.05, 3.63) is 56.2 Å². The van der Waals surface area contributed by atoms with Crippen LogP contribution in [0.2, 0.25) is 0 Å². The molecule has 0 unspecified atom stereocenters. The van der Waals surface area contributed by atoms with Crippen LogP contribution in [0.25, 0.3) is 0 Å². The van der Waals surface area contributed by atoms with Crippen molar-refractivity contribution in [1.82, 2.24) is 16.2 Å². The highest BCUT2D eigenvalue weighted by Crippen LogP contribution is 2.21. The van der Waals surface area contributed by atoms with Gasteiger partial charge in [-0.25, -0.2) is 10.2 Å². The number of hydrogen-bond donors (Lipinski definition) is 3. The number of rotatable bonds is 7. The molecule has 3 N–H and O–H groups in total. The number of ether oxygens (including phenoxy) is 1. The van der Waals surface area contributed by atoms with Crippen molar-refractivity contribution in [2.24, 2.45) is 0 Å². The highest BCUT2D eigenvalue weighted by atomic mass is 79.9. The number of carbonyl (C=O) groups excluding carboxylic acids is 2. The lowest BCUT2D eigenvalue weighted by atomic mass is 10.1. The number of nitrogens with one attached hydrogen (secondary N) is 3. The van der Waals surface area contributed by atoms with Crippen LogP contribution in [-0.4, -0.2) is 18.5 Å². The van der Waals surface area contributed by atoms with Crippen LogP contribution in [0.1, 0.15) is 34.1 Å². The fourth-order valence-corrected chi connectivity index (χ4v) is 3.31. The van der Waals surface area contributed by atoms with E-state index in [1.165, 1.54) is 11.3 Å². The molecule has 0 bridgehead atoms. The van der Waals surface area contributed by atoms with E-state index in [1.54, 1.807) is 12.1 Å². The molecule has 0 saturated carbocycles. The van der Waals surface area contributed by atoms with E-state index >= 15 is 0 Å². The smallest absolute Gasteiger partial charge is 0.333 e. The van der Waals surface area contributed by atoms with E-state index in [-0.39, 0.29) is 5.91 Å². The molecule has 0 spiro atoms. The highest BCUT2D eigenvalue weighted by Gasteiger charge is 2.10. The maximum atomic E-state index is 11.9. The molecule has 0 aliphatic carbocycles. The number of urea groups is 1. The van der Waals surface area contributed by atoms with Crippen molar-refractivity contribution >= 4 is 39.2 Å². The lowest BCUT2D eigenvalue weighted by molar-refractivity contribution is 0.0940. The number of hydrogen-bond acceptors (Lipinski definition) is 4. The van der Waals surface area contributed by atoms with E-state index in [1.807, 2.05) is 24.3 Å². The van der Waals surface area contributed by atoms with Crippen LogP contribution in [0.3, 0.4) is 0 Å². The van der Waals surface area contributed by atoms with E-state index in [0.717, 1.165) is 21.3 Å². The summed E-state index contributed by atoms with van der Waals surface area (Å²) in [6, 6.07) is 10.7. The zero-order chi connectivity index (χ0) is 18.1. The van der Waals surface area contributed by atoms with Gasteiger partial charge in [-0.05, 0) is 45.6 Å². The quantitative estimate of drug-likeness (QED) is 0.468. The molecule has 2 rings (SSSR count). The SMILES string of the molecule is CCCOCc1ccccc1CNC(=O)NNC(=O)c1ccc(Br)s1. The summed E-state index contributed by atoms with van der Waals surface area (Å²) in [4.78, 5) is 24.2. The molecule has 0 aliphatic rings. The first-order chi connectivity index (χ1) is 12.1. The van der Waals surface area contributed by atoms with Gasteiger partial charge < -0.3 is 10.1 Å². The number of amides is 3. The molecule has 3 amide bonds. The first-order valence-electron chi connectivity index (χ1n) is 7.84. The van der Waals surface area contributed by atoms with Crippen LogP contribution in [-0.2, 0) is 17.9 Å². The van der Waals surface area contributed by atoms with E-state index in [0.29, 0.717) is 24.6 Å². The Balaban J connectivity index is 1.79. The molecule has 2 aromatic rings. The first kappa shape index (κ1) is 19.4. The molecule has 6 nitrogen and oxygen atoms in total. The van der Waals surface area contributed by atoms with Gasteiger partial charge in [0.05, 0.1) is 15.3 Å². The molecule has 0 radical (unpaired) electrons. The van der Waals surface area contributed by atoms with Crippen LogP contribution in [0.15, 0.2) is 40.2 Å². The molecule has 0 fully saturated rings. The Kier molecular flexibility index (Phi) is 7.90. The Morgan fingerprint density at radius 1 is 1.12 bits per heavy atom. The van der Waals surface area contributed by atoms with Crippen LogP contribution in [0, 0.1) is 0 Å². The average Bonchev–Trinajstić information content (AvgIpc) is 3.05. The van der Waals surface area contributed by atoms with Gasteiger partial charge in [0.25, 0.3) is 5.91 Å². The summed E-state index contributed by atoms with van der Waals surface area (Å²) in [5.74, 6) is -0.362. The van der Waals surface area contributed by atoms with Gasteiger partial charge in [-0.1, -0.05) is 31.2 Å². The Morgan fingerprint density at radius 3 is 2.56 bits per heavy atom. The predicted octanol–water partition coefficient (Wildman–Crippen LogP) is 3.58. The fourth-order valence-electron chi connectivity index (χ4n) is 2.03. The van der Waals surface area contributed by atoms with E-state index in [2.05, 4.69) is 39.0 Å². The zero-order valence-electron chi connectivity index (χ0n) is 13.8. The lowest BCUT2D eigenvalue weighted by Crippen LogP contribution is -2.46. The fraction of sp³-hybridized carbons (Fsp3) is 0.294. The van der Waals surface area contributed by atoms with Crippen LogP contribution in [0.5, 0.6) is 0 Å². The van der Waals surface area contributed by atoms with E-state index < -0.39 is 6.03 Å². The maximum Gasteiger partial charge on any atom is 0.333 e. The molecule has 1 aromatic carbocycles. The van der Waals surface area contributed by atoms with Gasteiger partial charge in [-0.2, -0.15) is 0 Å². The normalized spacial score (nSPS) is 10.3. The molecule has 0 aliphatic heterocycles. The Morgan fingerprint density at radius 2 is 1.88 bits per heavy atom. The Labute approximate surface area is 159 Å². The summed E-state index contributed by atoms with van der Waals surface area (Å²) in [6.45, 7) is 3.61. The van der Waals surface area contributed by atoms with E-state index in [9.17, 15) is 9.59 Å². The Hall–Kier alpha value is -1.90. The summed E-state index contributed by atoms with van der Waals surface area (Å²) in [5, 5.41) is 2.72. The maximum absolute atomic E-state index is 11.9. The van der Waals surface area contributed by atoms with Crippen molar-refractivity contribution in [2.75, 3.05) is 6.61 Å². The van der Waals surface area contributed by atoms with Gasteiger partial charge in [0.15, 0.2) is 0 Å². The number of thiophene rings is 1. The topological polar surface area (TPSA) is 79.5 Å². The second kappa shape index (κ2) is 10.2. The van der Waals surface area contributed by atoms with Crippen LogP contribution in [0.4, 0.5) is 4.79 Å². The van der Waals surface area contributed by atoms with Crippen LogP contribution < -0.4 is 16.2 Å². The second-order valence-corrected chi connectivity index (χ2v) is 7.65. The molecule has 1 heterocycles. The van der Waals surface area contributed by atoms with Crippen molar-refractivity contribution in [3.8, 4) is 0 Å². The summed E-state index contributed by atoms with van der Waals surface area (Å²) in [6.07, 6.45) is 0.962. The number of benzene rings is 1. The molecule has 1 aromatic heterocycles. The summed E-state index contributed by atoms with van der Waals surface area (Å²) in [5.41, 5.74) is 6.72. The van der Waals surface area contributed by atoms with Crippen molar-refractivity contribution in [3.63, 3.8) is 0 Å².